The van der Waals surface area contributed by atoms with Crippen LogP contribution in [0.5, 0.6) is 0 Å². The molecular weight excluding hydrogens is 813 g/mol. The van der Waals surface area contributed by atoms with E-state index in [1.165, 1.54) is 87.8 Å². The van der Waals surface area contributed by atoms with Crippen LogP contribution in [0.25, 0.3) is 88.0 Å². The van der Waals surface area contributed by atoms with E-state index in [0.29, 0.717) is 0 Å². The van der Waals surface area contributed by atoms with Gasteiger partial charge in [-0.05, 0) is 98.9 Å². The molecule has 0 spiro atoms. The molecule has 0 amide bonds. The van der Waals surface area contributed by atoms with Crippen molar-refractivity contribution in [1.29, 1.82) is 0 Å². The smallest absolute Gasteiger partial charge is 0.145 e. The zero-order chi connectivity index (χ0) is 44.4. The van der Waals surface area contributed by atoms with E-state index in [4.69, 9.17) is 4.99 Å². The molecule has 0 saturated heterocycles. The highest BCUT2D eigenvalue weighted by Gasteiger charge is 2.36. The molecule has 2 aliphatic rings. The Labute approximate surface area is 388 Å². The Balaban J connectivity index is 0.902. The van der Waals surface area contributed by atoms with Crippen molar-refractivity contribution in [3.63, 3.8) is 0 Å². The third-order valence-corrected chi connectivity index (χ3v) is 14.7. The molecule has 316 valence electrons. The minimum atomic E-state index is -0.266. The molecule has 4 heteroatoms. The summed E-state index contributed by atoms with van der Waals surface area (Å²) >= 11 is 0. The first-order valence-electron chi connectivity index (χ1n) is 23.3. The average Bonchev–Trinajstić information content (AvgIpc) is 3.99. The van der Waals surface area contributed by atoms with Gasteiger partial charge in [0, 0.05) is 54.8 Å². The van der Waals surface area contributed by atoms with Crippen molar-refractivity contribution in [2.75, 3.05) is 5.32 Å². The number of rotatable bonds is 5. The summed E-state index contributed by atoms with van der Waals surface area (Å²) in [5, 5.41) is 11.3. The molecule has 67 heavy (non-hydrogen) atoms. The van der Waals surface area contributed by atoms with E-state index in [9.17, 15) is 0 Å². The van der Waals surface area contributed by atoms with Gasteiger partial charge in [0.2, 0.25) is 0 Å². The number of benzene rings is 10. The number of hydrogen-bond acceptors (Lipinski definition) is 2. The first-order valence-corrected chi connectivity index (χ1v) is 23.3. The summed E-state index contributed by atoms with van der Waals surface area (Å²) in [6.45, 7) is 4.67. The number of nitrogens with one attached hydrogen (secondary N) is 1. The normalized spacial score (nSPS) is 14.9. The van der Waals surface area contributed by atoms with Gasteiger partial charge in [0.15, 0.2) is 0 Å². The summed E-state index contributed by atoms with van der Waals surface area (Å²) in [4.78, 5) is 5.58. The highest BCUT2D eigenvalue weighted by Crippen LogP contribution is 2.50. The first-order chi connectivity index (χ1) is 33.0. The maximum atomic E-state index is 5.58. The molecule has 1 unspecified atom stereocenters. The SMILES string of the molecule is CC1(C)c2ccccc2-c2cc(C3N=C(c4ccc(-n5c6ccccc6c6c(-c7ccc8c9ccccc9n(-c9ccccc9)c8c7)cccc65)cc4)c4ccc5ccccc5c4N3)ccc21. The van der Waals surface area contributed by atoms with Gasteiger partial charge in [-0.3, -0.25) is 4.99 Å². The summed E-state index contributed by atoms with van der Waals surface area (Å²) in [5.74, 6) is 0. The van der Waals surface area contributed by atoms with Crippen LogP contribution < -0.4 is 5.32 Å². The lowest BCUT2D eigenvalue weighted by molar-refractivity contribution is 0.659. The lowest BCUT2D eigenvalue weighted by atomic mass is 9.82. The fourth-order valence-electron chi connectivity index (χ4n) is 11.6. The predicted octanol–water partition coefficient (Wildman–Crippen LogP) is 16.0. The van der Waals surface area contributed by atoms with Gasteiger partial charge in [-0.1, -0.05) is 178 Å². The van der Waals surface area contributed by atoms with Crippen molar-refractivity contribution in [2.24, 2.45) is 4.99 Å². The number of nitrogens with zero attached hydrogens (tertiary/aromatic N) is 3. The van der Waals surface area contributed by atoms with E-state index < -0.39 is 0 Å². The Morgan fingerprint density at radius 3 is 1.90 bits per heavy atom. The van der Waals surface area contributed by atoms with Gasteiger partial charge in [0.25, 0.3) is 0 Å². The van der Waals surface area contributed by atoms with Crippen molar-refractivity contribution in [2.45, 2.75) is 25.4 Å². The quantitative estimate of drug-likeness (QED) is 0.184. The van der Waals surface area contributed by atoms with Crippen molar-refractivity contribution < 1.29 is 0 Å². The first kappa shape index (κ1) is 37.9. The van der Waals surface area contributed by atoms with Crippen LogP contribution in [0, 0.1) is 0 Å². The van der Waals surface area contributed by atoms with E-state index in [0.717, 1.165) is 39.5 Å². The summed E-state index contributed by atoms with van der Waals surface area (Å²) in [5.41, 5.74) is 20.2. The summed E-state index contributed by atoms with van der Waals surface area (Å²) < 4.78 is 4.83. The fourth-order valence-corrected chi connectivity index (χ4v) is 11.6. The predicted molar refractivity (Wildman–Crippen MR) is 281 cm³/mol. The fraction of sp³-hybridized carbons (Fsp3) is 0.0635. The highest BCUT2D eigenvalue weighted by molar-refractivity contribution is 6.21. The monoisotopic (exact) mass is 856 g/mol. The minimum absolute atomic E-state index is 0.0549. The van der Waals surface area contributed by atoms with Crippen LogP contribution in [0.1, 0.15) is 47.8 Å². The second kappa shape index (κ2) is 14.3. The number of hydrogen-bond donors (Lipinski definition) is 1. The van der Waals surface area contributed by atoms with Crippen LogP contribution in [-0.4, -0.2) is 14.8 Å². The van der Waals surface area contributed by atoms with E-state index >= 15 is 0 Å². The average molecular weight is 857 g/mol. The van der Waals surface area contributed by atoms with Crippen molar-refractivity contribution in [1.82, 2.24) is 9.13 Å². The Hall–Kier alpha value is -8.47. The van der Waals surface area contributed by atoms with Gasteiger partial charge in [0.05, 0.1) is 33.5 Å². The molecule has 1 N–H and O–H groups in total. The second-order valence-electron chi connectivity index (χ2n) is 18.7. The largest absolute Gasteiger partial charge is 0.359 e. The lowest BCUT2D eigenvalue weighted by Crippen LogP contribution is -2.21. The Bertz CT molecular complexity index is 4030. The Morgan fingerprint density at radius 2 is 1.04 bits per heavy atom. The van der Waals surface area contributed by atoms with E-state index in [-0.39, 0.29) is 11.6 Å². The number of aromatic nitrogens is 2. The van der Waals surface area contributed by atoms with Gasteiger partial charge in [-0.25, -0.2) is 0 Å². The lowest BCUT2D eigenvalue weighted by Gasteiger charge is -2.28. The maximum Gasteiger partial charge on any atom is 0.145 e. The van der Waals surface area contributed by atoms with Gasteiger partial charge in [-0.2, -0.15) is 0 Å². The molecule has 1 atom stereocenters. The number of fused-ring (bicyclic) bond motifs is 12. The summed E-state index contributed by atoms with van der Waals surface area (Å²) in [7, 11) is 0. The summed E-state index contributed by atoms with van der Waals surface area (Å²) in [6.07, 6.45) is -0.266. The van der Waals surface area contributed by atoms with E-state index in [1.807, 2.05) is 0 Å². The van der Waals surface area contributed by atoms with Gasteiger partial charge < -0.3 is 14.5 Å². The van der Waals surface area contributed by atoms with Crippen molar-refractivity contribution >= 4 is 65.8 Å². The molecular formula is C63H44N4. The molecule has 10 aromatic carbocycles. The molecule has 4 nitrogen and oxygen atoms in total. The molecule has 0 bridgehead atoms. The summed E-state index contributed by atoms with van der Waals surface area (Å²) in [6, 6.07) is 80.1. The maximum absolute atomic E-state index is 5.58. The van der Waals surface area contributed by atoms with E-state index in [1.54, 1.807) is 0 Å². The van der Waals surface area contributed by atoms with Crippen LogP contribution in [0.2, 0.25) is 0 Å². The van der Waals surface area contributed by atoms with Crippen LogP contribution in [-0.2, 0) is 5.41 Å². The zero-order valence-corrected chi connectivity index (χ0v) is 37.2. The molecule has 0 fully saturated rings. The molecule has 2 aromatic heterocycles. The van der Waals surface area contributed by atoms with Crippen LogP contribution in [0.3, 0.4) is 0 Å². The molecule has 1 aliphatic carbocycles. The Morgan fingerprint density at radius 1 is 0.418 bits per heavy atom. The van der Waals surface area contributed by atoms with Crippen LogP contribution in [0.4, 0.5) is 5.69 Å². The topological polar surface area (TPSA) is 34.2 Å². The third kappa shape index (κ3) is 5.57. The van der Waals surface area contributed by atoms with Gasteiger partial charge in [-0.15, -0.1) is 0 Å². The standard InChI is InChI=1S/C63H44N4/c1-63(2)53-23-11-8-19-47(53)52-37-42(31-36-54(52)63)62-64-60(51-35-29-39-15-6-7-18-46(39)61(51)65-62)40-27-32-44(33-28-40)66-56-25-13-10-21-50(56)59-45(22-14-26-57(59)66)41-30-34-49-48-20-9-12-24-55(48)67(58(49)38-41)43-16-4-3-5-17-43/h3-38,62,65H,1-2H3. The molecule has 1 aliphatic heterocycles. The molecule has 12 aromatic rings. The minimum Gasteiger partial charge on any atom is -0.359 e. The van der Waals surface area contributed by atoms with Gasteiger partial charge >= 0.3 is 0 Å². The van der Waals surface area contributed by atoms with Crippen molar-refractivity contribution in [3.05, 3.63) is 246 Å². The Kier molecular flexibility index (Phi) is 8.06. The number of aliphatic imine (C=N–C) groups is 1. The highest BCUT2D eigenvalue weighted by atomic mass is 15.1. The molecule has 0 saturated carbocycles. The number of anilines is 1. The second-order valence-corrected chi connectivity index (χ2v) is 18.7. The molecule has 14 rings (SSSR count). The zero-order valence-electron chi connectivity index (χ0n) is 37.2. The third-order valence-electron chi connectivity index (χ3n) is 14.7. The van der Waals surface area contributed by atoms with Gasteiger partial charge in [0.1, 0.15) is 6.17 Å². The number of para-hydroxylation sites is 3. The molecule has 3 heterocycles. The molecule has 0 radical (unpaired) electrons. The van der Waals surface area contributed by atoms with Crippen LogP contribution >= 0.6 is 0 Å². The van der Waals surface area contributed by atoms with Crippen LogP contribution in [0.15, 0.2) is 223 Å². The van der Waals surface area contributed by atoms with Crippen molar-refractivity contribution in [3.8, 4) is 33.6 Å². The van der Waals surface area contributed by atoms with E-state index in [2.05, 4.69) is 247 Å².